The molecule has 0 aliphatic carbocycles. The minimum Gasteiger partial charge on any atom is -0.399 e. The summed E-state index contributed by atoms with van der Waals surface area (Å²) in [6.07, 6.45) is 1.15. The lowest BCUT2D eigenvalue weighted by molar-refractivity contribution is 0.254. The Bertz CT molecular complexity index is 504. The zero-order chi connectivity index (χ0) is 13.7. The molecule has 1 heterocycles. The number of nitrogen functional groups attached to an aromatic ring is 1. The molecule has 0 saturated carbocycles. The van der Waals surface area contributed by atoms with Gasteiger partial charge in [0.15, 0.2) is 0 Å². The Hall–Kier alpha value is -1.39. The maximum Gasteiger partial charge on any atom is 0.0897 e. The summed E-state index contributed by atoms with van der Waals surface area (Å²) in [5, 5.41) is 3.29. The lowest BCUT2D eigenvalue weighted by atomic mass is 10.2. The summed E-state index contributed by atoms with van der Waals surface area (Å²) in [4.78, 5) is 6.98. The number of nitrogens with two attached hydrogens (primary N) is 1. The number of hydrogen-bond donors (Lipinski definition) is 1. The van der Waals surface area contributed by atoms with Gasteiger partial charge in [0.1, 0.15) is 0 Å². The van der Waals surface area contributed by atoms with Crippen molar-refractivity contribution >= 4 is 17.0 Å². The van der Waals surface area contributed by atoms with Gasteiger partial charge in [0, 0.05) is 24.2 Å². The second kappa shape index (κ2) is 6.68. The van der Waals surface area contributed by atoms with Gasteiger partial charge in [-0.15, -0.1) is 11.3 Å². The maximum absolute atomic E-state index is 5.72. The van der Waals surface area contributed by atoms with Crippen molar-refractivity contribution in [1.82, 2.24) is 9.88 Å². The van der Waals surface area contributed by atoms with Crippen LogP contribution in [0.5, 0.6) is 0 Å². The van der Waals surface area contributed by atoms with Crippen LogP contribution in [0, 0.1) is 6.92 Å². The van der Waals surface area contributed by atoms with E-state index in [0.29, 0.717) is 0 Å². The SMILES string of the molecule is CCCN(Cc1ccc(N)cc1)Cc1csc(C)n1. The van der Waals surface area contributed by atoms with Crippen molar-refractivity contribution in [1.29, 1.82) is 0 Å². The van der Waals surface area contributed by atoms with E-state index in [1.807, 2.05) is 12.1 Å². The molecule has 19 heavy (non-hydrogen) atoms. The monoisotopic (exact) mass is 275 g/mol. The van der Waals surface area contributed by atoms with Crippen LogP contribution in [0.3, 0.4) is 0 Å². The molecule has 0 aliphatic heterocycles. The van der Waals surface area contributed by atoms with Gasteiger partial charge in [0.25, 0.3) is 0 Å². The van der Waals surface area contributed by atoms with Crippen LogP contribution in [-0.2, 0) is 13.1 Å². The Morgan fingerprint density at radius 3 is 2.53 bits per heavy atom. The largest absolute Gasteiger partial charge is 0.399 e. The Morgan fingerprint density at radius 1 is 1.21 bits per heavy atom. The van der Waals surface area contributed by atoms with Gasteiger partial charge >= 0.3 is 0 Å². The molecule has 3 nitrogen and oxygen atoms in total. The topological polar surface area (TPSA) is 42.1 Å². The first-order valence-electron chi connectivity index (χ1n) is 6.65. The average Bonchev–Trinajstić information content (AvgIpc) is 2.78. The number of anilines is 1. The molecule has 0 bridgehead atoms. The third-order valence-corrected chi connectivity index (χ3v) is 3.80. The standard InChI is InChI=1S/C15H21N3S/c1-3-8-18(10-15-11-19-12(2)17-15)9-13-4-6-14(16)7-5-13/h4-7,11H,3,8-10,16H2,1-2H3. The Balaban J connectivity index is 2.01. The molecule has 0 radical (unpaired) electrons. The van der Waals surface area contributed by atoms with E-state index < -0.39 is 0 Å². The number of thiazole rings is 1. The van der Waals surface area contributed by atoms with Gasteiger partial charge in [-0.3, -0.25) is 4.90 Å². The van der Waals surface area contributed by atoms with Crippen molar-refractivity contribution in [3.63, 3.8) is 0 Å². The number of benzene rings is 1. The minimum absolute atomic E-state index is 0.820. The van der Waals surface area contributed by atoms with E-state index in [1.54, 1.807) is 11.3 Å². The first-order chi connectivity index (χ1) is 9.17. The van der Waals surface area contributed by atoms with E-state index in [9.17, 15) is 0 Å². The molecule has 0 atom stereocenters. The first-order valence-corrected chi connectivity index (χ1v) is 7.53. The van der Waals surface area contributed by atoms with Crippen LogP contribution < -0.4 is 5.73 Å². The maximum atomic E-state index is 5.72. The van der Waals surface area contributed by atoms with Crippen LogP contribution in [0.15, 0.2) is 29.6 Å². The predicted molar refractivity (Wildman–Crippen MR) is 82.1 cm³/mol. The third kappa shape index (κ3) is 4.33. The van der Waals surface area contributed by atoms with Crippen molar-refractivity contribution in [3.05, 3.63) is 45.9 Å². The molecule has 4 heteroatoms. The normalized spacial score (nSPS) is 11.1. The minimum atomic E-state index is 0.820. The summed E-state index contributed by atoms with van der Waals surface area (Å²) < 4.78 is 0. The predicted octanol–water partition coefficient (Wildman–Crippen LogP) is 3.45. The van der Waals surface area contributed by atoms with Gasteiger partial charge in [0.2, 0.25) is 0 Å². The van der Waals surface area contributed by atoms with Gasteiger partial charge in [-0.05, 0) is 37.6 Å². The number of aromatic nitrogens is 1. The van der Waals surface area contributed by atoms with Crippen LogP contribution in [0.4, 0.5) is 5.69 Å². The summed E-state index contributed by atoms with van der Waals surface area (Å²) in [5.41, 5.74) is 9.01. The zero-order valence-electron chi connectivity index (χ0n) is 11.6. The zero-order valence-corrected chi connectivity index (χ0v) is 12.4. The smallest absolute Gasteiger partial charge is 0.0897 e. The number of aryl methyl sites for hydroxylation is 1. The molecule has 1 aromatic carbocycles. The quantitative estimate of drug-likeness (QED) is 0.821. The van der Waals surface area contributed by atoms with Crippen LogP contribution >= 0.6 is 11.3 Å². The molecule has 1 aromatic heterocycles. The summed E-state index contributed by atoms with van der Waals surface area (Å²) in [5.74, 6) is 0. The average molecular weight is 275 g/mol. The lowest BCUT2D eigenvalue weighted by Crippen LogP contribution is -2.23. The third-order valence-electron chi connectivity index (χ3n) is 2.98. The molecule has 102 valence electrons. The Labute approximate surface area is 119 Å². The van der Waals surface area contributed by atoms with E-state index in [-0.39, 0.29) is 0 Å². The van der Waals surface area contributed by atoms with E-state index in [4.69, 9.17) is 5.73 Å². The van der Waals surface area contributed by atoms with Crippen LogP contribution in [0.1, 0.15) is 29.6 Å². The highest BCUT2D eigenvalue weighted by Crippen LogP contribution is 2.14. The van der Waals surface area contributed by atoms with E-state index >= 15 is 0 Å². The molecule has 0 aliphatic rings. The molecule has 0 amide bonds. The molecular weight excluding hydrogens is 254 g/mol. The van der Waals surface area contributed by atoms with E-state index in [2.05, 4.69) is 41.2 Å². The van der Waals surface area contributed by atoms with Crippen molar-refractivity contribution in [2.24, 2.45) is 0 Å². The number of hydrogen-bond acceptors (Lipinski definition) is 4. The van der Waals surface area contributed by atoms with Crippen molar-refractivity contribution in [3.8, 4) is 0 Å². The molecule has 0 unspecified atom stereocenters. The van der Waals surface area contributed by atoms with Gasteiger partial charge in [-0.2, -0.15) is 0 Å². The molecular formula is C15H21N3S. The highest BCUT2D eigenvalue weighted by molar-refractivity contribution is 7.09. The van der Waals surface area contributed by atoms with Crippen molar-refractivity contribution < 1.29 is 0 Å². The molecule has 0 saturated heterocycles. The second-order valence-electron chi connectivity index (χ2n) is 4.81. The summed E-state index contributed by atoms with van der Waals surface area (Å²) >= 11 is 1.72. The Kier molecular flexibility index (Phi) is 4.93. The first kappa shape index (κ1) is 14.0. The van der Waals surface area contributed by atoms with Crippen molar-refractivity contribution in [2.45, 2.75) is 33.4 Å². The number of rotatable bonds is 6. The van der Waals surface area contributed by atoms with Gasteiger partial charge in [-0.1, -0.05) is 19.1 Å². The Morgan fingerprint density at radius 2 is 1.95 bits per heavy atom. The van der Waals surface area contributed by atoms with E-state index in [0.717, 1.165) is 36.8 Å². The molecule has 2 rings (SSSR count). The fraction of sp³-hybridized carbons (Fsp3) is 0.400. The summed E-state index contributed by atoms with van der Waals surface area (Å²) in [7, 11) is 0. The molecule has 2 aromatic rings. The highest BCUT2D eigenvalue weighted by Gasteiger charge is 2.08. The highest BCUT2D eigenvalue weighted by atomic mass is 32.1. The summed E-state index contributed by atoms with van der Waals surface area (Å²) in [6.45, 7) is 7.22. The molecule has 0 fully saturated rings. The summed E-state index contributed by atoms with van der Waals surface area (Å²) in [6, 6.07) is 8.13. The molecule has 2 N–H and O–H groups in total. The van der Waals surface area contributed by atoms with Crippen LogP contribution in [0.25, 0.3) is 0 Å². The second-order valence-corrected chi connectivity index (χ2v) is 5.87. The van der Waals surface area contributed by atoms with Crippen LogP contribution in [0.2, 0.25) is 0 Å². The van der Waals surface area contributed by atoms with Crippen molar-refractivity contribution in [2.75, 3.05) is 12.3 Å². The lowest BCUT2D eigenvalue weighted by Gasteiger charge is -2.20. The number of nitrogens with zero attached hydrogens (tertiary/aromatic N) is 2. The van der Waals surface area contributed by atoms with Crippen LogP contribution in [-0.4, -0.2) is 16.4 Å². The fourth-order valence-corrected chi connectivity index (χ4v) is 2.73. The van der Waals surface area contributed by atoms with Gasteiger partial charge in [-0.25, -0.2) is 4.98 Å². The van der Waals surface area contributed by atoms with Gasteiger partial charge < -0.3 is 5.73 Å². The molecule has 0 spiro atoms. The van der Waals surface area contributed by atoms with E-state index in [1.165, 1.54) is 11.3 Å². The van der Waals surface area contributed by atoms with Gasteiger partial charge in [0.05, 0.1) is 10.7 Å². The fourth-order valence-electron chi connectivity index (χ4n) is 2.12.